The van der Waals surface area contributed by atoms with Crippen molar-refractivity contribution in [3.05, 3.63) is 18.3 Å². The van der Waals surface area contributed by atoms with Crippen molar-refractivity contribution in [3.8, 4) is 5.88 Å². The Morgan fingerprint density at radius 3 is 2.68 bits per heavy atom. The molecular weight excluding hydrogens is 259 g/mol. The van der Waals surface area contributed by atoms with E-state index in [0.29, 0.717) is 6.04 Å². The number of nitrogens with two attached hydrogens (primary N) is 1. The number of nitrogens with one attached hydrogen (secondary N) is 1. The molecule has 1 aliphatic carbocycles. The Hall–Kier alpha value is -1.50. The molecule has 7 heteroatoms. The lowest BCUT2D eigenvalue weighted by Gasteiger charge is -2.14. The summed E-state index contributed by atoms with van der Waals surface area (Å²) in [4.78, 5) is 3.83. The Bertz CT molecular complexity index is 408. The van der Waals surface area contributed by atoms with E-state index in [1.54, 1.807) is 6.07 Å². The Morgan fingerprint density at radius 2 is 2.16 bits per heavy atom. The van der Waals surface area contributed by atoms with Crippen molar-refractivity contribution in [2.45, 2.75) is 37.5 Å². The third kappa shape index (κ3) is 4.59. The fraction of sp³-hybridized carbons (Fsp3) is 0.583. The van der Waals surface area contributed by atoms with Crippen LogP contribution in [0.4, 0.5) is 18.9 Å². The SMILES string of the molecule is NC1CCC(Nc2ccc(OCC(F)(F)F)nc2)C1. The number of hydrogen-bond acceptors (Lipinski definition) is 4. The topological polar surface area (TPSA) is 60.2 Å². The normalized spacial score (nSPS) is 23.4. The van der Waals surface area contributed by atoms with Gasteiger partial charge in [0.25, 0.3) is 0 Å². The summed E-state index contributed by atoms with van der Waals surface area (Å²) < 4.78 is 40.4. The van der Waals surface area contributed by atoms with E-state index in [-0.39, 0.29) is 11.9 Å². The minimum Gasteiger partial charge on any atom is -0.468 e. The number of halogens is 3. The molecule has 0 aromatic carbocycles. The molecule has 2 atom stereocenters. The number of anilines is 1. The van der Waals surface area contributed by atoms with E-state index in [4.69, 9.17) is 5.73 Å². The van der Waals surface area contributed by atoms with Gasteiger partial charge < -0.3 is 15.8 Å². The van der Waals surface area contributed by atoms with Crippen LogP contribution in [0.25, 0.3) is 0 Å². The number of aromatic nitrogens is 1. The highest BCUT2D eigenvalue weighted by molar-refractivity contribution is 5.43. The first kappa shape index (κ1) is 13.9. The molecule has 2 unspecified atom stereocenters. The summed E-state index contributed by atoms with van der Waals surface area (Å²) in [6, 6.07) is 3.60. The molecule has 1 aliphatic rings. The van der Waals surface area contributed by atoms with Crippen LogP contribution in [0.3, 0.4) is 0 Å². The first-order valence-corrected chi connectivity index (χ1v) is 6.10. The second-order valence-corrected chi connectivity index (χ2v) is 4.70. The van der Waals surface area contributed by atoms with Gasteiger partial charge in [0.2, 0.25) is 5.88 Å². The summed E-state index contributed by atoms with van der Waals surface area (Å²) >= 11 is 0. The van der Waals surface area contributed by atoms with Crippen molar-refractivity contribution in [1.29, 1.82) is 0 Å². The molecule has 0 aliphatic heterocycles. The van der Waals surface area contributed by atoms with Crippen LogP contribution in [0.5, 0.6) is 5.88 Å². The Labute approximate surface area is 109 Å². The predicted molar refractivity (Wildman–Crippen MR) is 65.0 cm³/mol. The zero-order chi connectivity index (χ0) is 13.9. The van der Waals surface area contributed by atoms with Gasteiger partial charge in [-0.3, -0.25) is 0 Å². The van der Waals surface area contributed by atoms with Crippen molar-refractivity contribution < 1.29 is 17.9 Å². The fourth-order valence-electron chi connectivity index (χ4n) is 2.09. The van der Waals surface area contributed by atoms with Gasteiger partial charge in [0.15, 0.2) is 6.61 Å². The van der Waals surface area contributed by atoms with Gasteiger partial charge in [-0.1, -0.05) is 0 Å². The zero-order valence-corrected chi connectivity index (χ0v) is 10.3. The molecule has 1 aromatic rings. The van der Waals surface area contributed by atoms with E-state index in [0.717, 1.165) is 24.9 Å². The van der Waals surface area contributed by atoms with Crippen LogP contribution in [-0.2, 0) is 0 Å². The summed E-state index contributed by atoms with van der Waals surface area (Å²) in [5.74, 6) is -0.0361. The van der Waals surface area contributed by atoms with E-state index in [2.05, 4.69) is 15.0 Å². The molecule has 19 heavy (non-hydrogen) atoms. The minimum absolute atomic E-state index is 0.0361. The lowest BCUT2D eigenvalue weighted by Crippen LogP contribution is -2.21. The van der Waals surface area contributed by atoms with E-state index >= 15 is 0 Å². The van der Waals surface area contributed by atoms with Crippen LogP contribution < -0.4 is 15.8 Å². The van der Waals surface area contributed by atoms with Gasteiger partial charge in [-0.25, -0.2) is 4.98 Å². The first-order chi connectivity index (χ1) is 8.92. The van der Waals surface area contributed by atoms with Crippen molar-refractivity contribution >= 4 is 5.69 Å². The largest absolute Gasteiger partial charge is 0.468 e. The third-order valence-corrected chi connectivity index (χ3v) is 2.96. The maximum atomic E-state index is 12.0. The highest BCUT2D eigenvalue weighted by Gasteiger charge is 2.28. The smallest absolute Gasteiger partial charge is 0.422 e. The molecule has 0 radical (unpaired) electrons. The highest BCUT2D eigenvalue weighted by atomic mass is 19.4. The summed E-state index contributed by atoms with van der Waals surface area (Å²) in [5, 5.41) is 3.25. The van der Waals surface area contributed by atoms with Crippen LogP contribution in [0.15, 0.2) is 18.3 Å². The maximum absolute atomic E-state index is 12.0. The van der Waals surface area contributed by atoms with E-state index in [9.17, 15) is 13.2 Å². The Balaban J connectivity index is 1.84. The van der Waals surface area contributed by atoms with Gasteiger partial charge in [-0.15, -0.1) is 0 Å². The molecule has 3 N–H and O–H groups in total. The monoisotopic (exact) mass is 275 g/mol. The predicted octanol–water partition coefficient (Wildman–Crippen LogP) is 2.31. The molecule has 1 saturated carbocycles. The van der Waals surface area contributed by atoms with Crippen LogP contribution >= 0.6 is 0 Å². The fourth-order valence-corrected chi connectivity index (χ4v) is 2.09. The second-order valence-electron chi connectivity index (χ2n) is 4.70. The number of rotatable bonds is 4. The van der Waals surface area contributed by atoms with E-state index < -0.39 is 12.8 Å². The zero-order valence-electron chi connectivity index (χ0n) is 10.3. The molecule has 1 aromatic heterocycles. The molecular formula is C12H16F3N3O. The molecule has 4 nitrogen and oxygen atoms in total. The molecule has 0 saturated heterocycles. The van der Waals surface area contributed by atoms with Gasteiger partial charge in [0.05, 0.1) is 11.9 Å². The van der Waals surface area contributed by atoms with Crippen LogP contribution in [-0.4, -0.2) is 29.9 Å². The summed E-state index contributed by atoms with van der Waals surface area (Å²) in [7, 11) is 0. The first-order valence-electron chi connectivity index (χ1n) is 6.10. The van der Waals surface area contributed by atoms with Gasteiger partial charge >= 0.3 is 6.18 Å². The van der Waals surface area contributed by atoms with Gasteiger partial charge in [0, 0.05) is 18.2 Å². The van der Waals surface area contributed by atoms with Crippen molar-refractivity contribution in [1.82, 2.24) is 4.98 Å². The van der Waals surface area contributed by atoms with Crippen LogP contribution in [0.2, 0.25) is 0 Å². The average Bonchev–Trinajstić information content (AvgIpc) is 2.73. The lowest BCUT2D eigenvalue weighted by atomic mass is 10.2. The number of pyridine rings is 1. The summed E-state index contributed by atoms with van der Waals surface area (Å²) in [5.41, 5.74) is 6.56. The van der Waals surface area contributed by atoms with E-state index in [1.807, 2.05) is 0 Å². The summed E-state index contributed by atoms with van der Waals surface area (Å²) in [6.07, 6.45) is -0.00811. The van der Waals surface area contributed by atoms with Gasteiger partial charge in [-0.2, -0.15) is 13.2 Å². The number of hydrogen-bond donors (Lipinski definition) is 2. The molecule has 1 fully saturated rings. The lowest BCUT2D eigenvalue weighted by molar-refractivity contribution is -0.154. The minimum atomic E-state index is -4.35. The molecule has 0 amide bonds. The maximum Gasteiger partial charge on any atom is 0.422 e. The van der Waals surface area contributed by atoms with Crippen molar-refractivity contribution in [2.75, 3.05) is 11.9 Å². The van der Waals surface area contributed by atoms with Crippen molar-refractivity contribution in [2.24, 2.45) is 5.73 Å². The highest BCUT2D eigenvalue weighted by Crippen LogP contribution is 2.22. The number of alkyl halides is 3. The Morgan fingerprint density at radius 1 is 1.37 bits per heavy atom. The average molecular weight is 275 g/mol. The molecule has 106 valence electrons. The quantitative estimate of drug-likeness (QED) is 0.885. The molecule has 1 heterocycles. The second kappa shape index (κ2) is 5.64. The van der Waals surface area contributed by atoms with Crippen molar-refractivity contribution in [3.63, 3.8) is 0 Å². The Kier molecular flexibility index (Phi) is 4.14. The number of nitrogens with zero attached hydrogens (tertiary/aromatic N) is 1. The van der Waals surface area contributed by atoms with E-state index in [1.165, 1.54) is 12.3 Å². The standard InChI is InChI=1S/C12H16F3N3O/c13-12(14,15)7-19-11-4-3-10(6-17-11)18-9-2-1-8(16)5-9/h3-4,6,8-9,18H,1-2,5,7,16H2. The molecule has 0 spiro atoms. The van der Waals surface area contributed by atoms with Crippen LogP contribution in [0, 0.1) is 0 Å². The molecule has 2 rings (SSSR count). The van der Waals surface area contributed by atoms with Gasteiger partial charge in [-0.05, 0) is 25.3 Å². The van der Waals surface area contributed by atoms with Crippen LogP contribution in [0.1, 0.15) is 19.3 Å². The van der Waals surface area contributed by atoms with Gasteiger partial charge in [0.1, 0.15) is 0 Å². The molecule has 0 bridgehead atoms. The number of ether oxygens (including phenoxy) is 1. The third-order valence-electron chi connectivity index (χ3n) is 2.96. The summed E-state index contributed by atoms with van der Waals surface area (Å²) in [6.45, 7) is -1.33.